The molecule has 0 bridgehead atoms. The van der Waals surface area contributed by atoms with Crippen LogP contribution >= 0.6 is 0 Å². The Bertz CT molecular complexity index is 1170. The molecule has 0 fully saturated rings. The molecule has 1 amide bonds. The summed E-state index contributed by atoms with van der Waals surface area (Å²) in [7, 11) is 0. The van der Waals surface area contributed by atoms with Gasteiger partial charge >= 0.3 is 0 Å². The van der Waals surface area contributed by atoms with Crippen LogP contribution < -0.4 is 5.32 Å². The molecule has 0 aliphatic rings. The SMILES string of the molecule is CCCN(CCC)C(=O)c1cc2cc(Nc3nccc(-c4ccccn4)n3)ccc2[nH]1. The second-order valence-corrected chi connectivity index (χ2v) is 7.38. The topological polar surface area (TPSA) is 86.8 Å². The van der Waals surface area contributed by atoms with Crippen LogP contribution in [0.25, 0.3) is 22.3 Å². The lowest BCUT2D eigenvalue weighted by Gasteiger charge is -2.20. The number of aromatic amines is 1. The van der Waals surface area contributed by atoms with Crippen molar-refractivity contribution in [3.05, 3.63) is 66.6 Å². The summed E-state index contributed by atoms with van der Waals surface area (Å²) in [4.78, 5) is 31.3. The summed E-state index contributed by atoms with van der Waals surface area (Å²) in [6, 6.07) is 15.4. The van der Waals surface area contributed by atoms with E-state index in [9.17, 15) is 4.79 Å². The van der Waals surface area contributed by atoms with Gasteiger partial charge in [-0.2, -0.15) is 0 Å². The summed E-state index contributed by atoms with van der Waals surface area (Å²) in [5.74, 6) is 0.534. The maximum absolute atomic E-state index is 12.9. The number of anilines is 2. The van der Waals surface area contributed by atoms with E-state index in [1.165, 1.54) is 0 Å². The van der Waals surface area contributed by atoms with Gasteiger partial charge in [0.25, 0.3) is 5.91 Å². The van der Waals surface area contributed by atoms with Crippen LogP contribution in [0.1, 0.15) is 37.2 Å². The van der Waals surface area contributed by atoms with Gasteiger partial charge in [-0.1, -0.05) is 19.9 Å². The minimum Gasteiger partial charge on any atom is -0.351 e. The summed E-state index contributed by atoms with van der Waals surface area (Å²) >= 11 is 0. The predicted molar refractivity (Wildman–Crippen MR) is 123 cm³/mol. The van der Waals surface area contributed by atoms with Crippen molar-refractivity contribution in [2.24, 2.45) is 0 Å². The molecule has 0 unspecified atom stereocenters. The van der Waals surface area contributed by atoms with E-state index in [1.807, 2.05) is 53.4 Å². The molecule has 3 heterocycles. The van der Waals surface area contributed by atoms with Crippen molar-refractivity contribution in [1.29, 1.82) is 0 Å². The van der Waals surface area contributed by atoms with Crippen LogP contribution in [0.3, 0.4) is 0 Å². The van der Waals surface area contributed by atoms with Crippen molar-refractivity contribution in [2.45, 2.75) is 26.7 Å². The number of hydrogen-bond donors (Lipinski definition) is 2. The number of nitrogens with one attached hydrogen (secondary N) is 2. The first-order valence-electron chi connectivity index (χ1n) is 10.6. The molecule has 3 aromatic heterocycles. The molecule has 0 saturated carbocycles. The number of rotatable bonds is 8. The van der Waals surface area contributed by atoms with Crippen LogP contribution in [-0.2, 0) is 0 Å². The van der Waals surface area contributed by atoms with Gasteiger partial charge in [0.2, 0.25) is 5.95 Å². The molecule has 7 nitrogen and oxygen atoms in total. The number of nitrogens with zero attached hydrogens (tertiary/aromatic N) is 4. The van der Waals surface area contributed by atoms with Crippen LogP contribution in [0.2, 0.25) is 0 Å². The Morgan fingerprint density at radius 2 is 1.81 bits per heavy atom. The van der Waals surface area contributed by atoms with Crippen molar-refractivity contribution >= 4 is 28.4 Å². The predicted octanol–water partition coefficient (Wildman–Crippen LogP) is 5.03. The molecule has 0 aliphatic carbocycles. The van der Waals surface area contributed by atoms with Gasteiger partial charge in [0.05, 0.1) is 11.4 Å². The molecule has 0 aliphatic heterocycles. The van der Waals surface area contributed by atoms with Crippen molar-refractivity contribution in [1.82, 2.24) is 24.8 Å². The maximum Gasteiger partial charge on any atom is 0.270 e. The third kappa shape index (κ3) is 4.71. The minimum absolute atomic E-state index is 0.0424. The zero-order valence-corrected chi connectivity index (χ0v) is 17.8. The number of amides is 1. The summed E-state index contributed by atoms with van der Waals surface area (Å²) in [5, 5.41) is 4.21. The largest absolute Gasteiger partial charge is 0.351 e. The summed E-state index contributed by atoms with van der Waals surface area (Å²) in [5.41, 5.74) is 3.93. The van der Waals surface area contributed by atoms with E-state index in [-0.39, 0.29) is 5.91 Å². The first kappa shape index (κ1) is 20.5. The van der Waals surface area contributed by atoms with E-state index in [2.05, 4.69) is 39.1 Å². The highest BCUT2D eigenvalue weighted by Gasteiger charge is 2.16. The number of pyridine rings is 1. The van der Waals surface area contributed by atoms with Gasteiger partial charge in [0.1, 0.15) is 5.69 Å². The Labute approximate surface area is 181 Å². The van der Waals surface area contributed by atoms with Crippen molar-refractivity contribution in [3.8, 4) is 11.4 Å². The van der Waals surface area contributed by atoms with Gasteiger partial charge in [-0.3, -0.25) is 9.78 Å². The molecule has 158 valence electrons. The van der Waals surface area contributed by atoms with Crippen LogP contribution in [0.4, 0.5) is 11.6 Å². The van der Waals surface area contributed by atoms with Crippen LogP contribution in [0.15, 0.2) is 60.9 Å². The van der Waals surface area contributed by atoms with E-state index < -0.39 is 0 Å². The molecule has 0 spiro atoms. The van der Waals surface area contributed by atoms with Gasteiger partial charge in [-0.25, -0.2) is 9.97 Å². The number of fused-ring (bicyclic) bond motifs is 1. The van der Waals surface area contributed by atoms with E-state index >= 15 is 0 Å². The molecule has 0 saturated heterocycles. The zero-order valence-electron chi connectivity index (χ0n) is 17.8. The molecule has 4 rings (SSSR count). The number of benzene rings is 1. The lowest BCUT2D eigenvalue weighted by Crippen LogP contribution is -2.32. The van der Waals surface area contributed by atoms with Gasteiger partial charge in [0, 0.05) is 42.1 Å². The van der Waals surface area contributed by atoms with Crippen molar-refractivity contribution in [2.75, 3.05) is 18.4 Å². The third-order valence-corrected chi connectivity index (χ3v) is 4.96. The Hall–Kier alpha value is -3.74. The zero-order chi connectivity index (χ0) is 21.6. The maximum atomic E-state index is 12.9. The fourth-order valence-electron chi connectivity index (χ4n) is 3.56. The monoisotopic (exact) mass is 414 g/mol. The standard InChI is InChI=1S/C24H26N6O/c1-3-13-30(14-4-2)23(31)22-16-17-15-18(8-9-19(17)28-22)27-24-26-12-10-21(29-24)20-7-5-6-11-25-20/h5-12,15-16,28H,3-4,13-14H2,1-2H3,(H,26,27,29). The molecular formula is C24H26N6O. The number of aromatic nitrogens is 4. The first-order chi connectivity index (χ1) is 15.2. The number of hydrogen-bond acceptors (Lipinski definition) is 5. The fraction of sp³-hybridized carbons (Fsp3) is 0.250. The second kappa shape index (κ2) is 9.38. The highest BCUT2D eigenvalue weighted by atomic mass is 16.2. The molecule has 0 radical (unpaired) electrons. The minimum atomic E-state index is 0.0424. The van der Waals surface area contributed by atoms with Gasteiger partial charge in [-0.15, -0.1) is 0 Å². The lowest BCUT2D eigenvalue weighted by atomic mass is 10.2. The number of carbonyl (C=O) groups excluding carboxylic acids is 1. The smallest absolute Gasteiger partial charge is 0.270 e. The molecule has 0 atom stereocenters. The van der Waals surface area contributed by atoms with Gasteiger partial charge < -0.3 is 15.2 Å². The molecule has 2 N–H and O–H groups in total. The quantitative estimate of drug-likeness (QED) is 0.422. The first-order valence-corrected chi connectivity index (χ1v) is 10.6. The lowest BCUT2D eigenvalue weighted by molar-refractivity contribution is 0.0750. The van der Waals surface area contributed by atoms with E-state index in [0.29, 0.717) is 11.6 Å². The highest BCUT2D eigenvalue weighted by molar-refractivity contribution is 5.98. The summed E-state index contributed by atoms with van der Waals surface area (Å²) in [6.45, 7) is 5.70. The Balaban J connectivity index is 1.56. The van der Waals surface area contributed by atoms with Crippen LogP contribution in [-0.4, -0.2) is 43.8 Å². The second-order valence-electron chi connectivity index (χ2n) is 7.38. The Morgan fingerprint density at radius 3 is 2.55 bits per heavy atom. The van der Waals surface area contributed by atoms with Crippen LogP contribution in [0, 0.1) is 0 Å². The number of carbonyl (C=O) groups is 1. The molecule has 1 aromatic carbocycles. The highest BCUT2D eigenvalue weighted by Crippen LogP contribution is 2.23. The molecule has 7 heteroatoms. The van der Waals surface area contributed by atoms with E-state index in [0.717, 1.165) is 53.9 Å². The van der Waals surface area contributed by atoms with E-state index in [4.69, 9.17) is 0 Å². The average molecular weight is 415 g/mol. The molecule has 4 aromatic rings. The molecule has 31 heavy (non-hydrogen) atoms. The molecular weight excluding hydrogens is 388 g/mol. The van der Waals surface area contributed by atoms with Gasteiger partial charge in [-0.05, 0) is 55.3 Å². The summed E-state index contributed by atoms with van der Waals surface area (Å²) < 4.78 is 0. The number of H-pyrrole nitrogens is 1. The third-order valence-electron chi connectivity index (χ3n) is 4.96. The fourth-order valence-corrected chi connectivity index (χ4v) is 3.56. The van der Waals surface area contributed by atoms with Crippen LogP contribution in [0.5, 0.6) is 0 Å². The Kier molecular flexibility index (Phi) is 6.21. The Morgan fingerprint density at radius 1 is 0.968 bits per heavy atom. The summed E-state index contributed by atoms with van der Waals surface area (Å²) in [6.07, 6.45) is 5.33. The van der Waals surface area contributed by atoms with E-state index in [1.54, 1.807) is 12.4 Å². The normalized spacial score (nSPS) is 10.9. The van der Waals surface area contributed by atoms with Gasteiger partial charge in [0.15, 0.2) is 0 Å². The van der Waals surface area contributed by atoms with Crippen molar-refractivity contribution < 1.29 is 4.79 Å². The van der Waals surface area contributed by atoms with Crippen molar-refractivity contribution in [3.63, 3.8) is 0 Å². The average Bonchev–Trinajstić information content (AvgIpc) is 3.23.